The summed E-state index contributed by atoms with van der Waals surface area (Å²) in [4.78, 5) is 16.6. The molecule has 3 aromatic carbocycles. The first-order chi connectivity index (χ1) is 22.9. The second-order valence-corrected chi connectivity index (χ2v) is 11.8. The highest BCUT2D eigenvalue weighted by Crippen LogP contribution is 2.30. The molecule has 48 heavy (non-hydrogen) atoms. The van der Waals surface area contributed by atoms with Gasteiger partial charge in [0.25, 0.3) is 0 Å². The minimum absolute atomic E-state index is 0.0876. The molecular weight excluding hydrogens is 641 g/mol. The van der Waals surface area contributed by atoms with E-state index in [1.54, 1.807) is 7.11 Å². The minimum atomic E-state index is -4.75. The van der Waals surface area contributed by atoms with Crippen LogP contribution < -0.4 is 25.4 Å². The van der Waals surface area contributed by atoms with Crippen molar-refractivity contribution >= 4 is 23.5 Å². The highest BCUT2D eigenvalue weighted by atomic mass is 32.2. The Morgan fingerprint density at radius 2 is 1.75 bits per heavy atom. The van der Waals surface area contributed by atoms with Gasteiger partial charge in [0.2, 0.25) is 0 Å². The number of aromatic nitrogens is 3. The summed E-state index contributed by atoms with van der Waals surface area (Å²) in [5.41, 5.74) is 5.49. The molecule has 0 aliphatic rings. The van der Waals surface area contributed by atoms with Gasteiger partial charge in [-0.25, -0.2) is 14.5 Å². The van der Waals surface area contributed by atoms with Gasteiger partial charge in [0.15, 0.2) is 5.82 Å². The number of alkyl halides is 3. The number of allylic oxidation sites excluding steroid dienone is 1. The zero-order valence-corrected chi connectivity index (χ0v) is 28.0. The molecule has 0 aliphatic heterocycles. The predicted octanol–water partition coefficient (Wildman–Crippen LogP) is 8.21. The first-order valence-corrected chi connectivity index (χ1v) is 16.0. The Balaban J connectivity index is 1.19. The standard InChI is InChI=1S/C35H37F3N6O3S/c1-23(2)31-20-30(46-5)16-17-32(31)41-25(4)21-48-19-18-39-34(45)42-24(3)6-7-26-8-10-27(11-9-26)33-40-22-44(43-33)28-12-14-29(15-13-28)47-35(36,37)38/h8-17,20-24,41H,6-7H2,1-5H3,(H2,39,42,45)/b25-21-. The van der Waals surface area contributed by atoms with Crippen molar-refractivity contribution in [1.82, 2.24) is 25.4 Å². The number of carbonyl (C=O) groups excluding carboxylic acids is 1. The number of carbonyl (C=O) groups is 1. The maximum Gasteiger partial charge on any atom is 0.573 e. The van der Waals surface area contributed by atoms with Crippen molar-refractivity contribution in [3.63, 3.8) is 0 Å². The van der Waals surface area contributed by atoms with Crippen molar-refractivity contribution in [2.24, 2.45) is 0 Å². The molecule has 1 aromatic heterocycles. The van der Waals surface area contributed by atoms with Gasteiger partial charge >= 0.3 is 12.4 Å². The van der Waals surface area contributed by atoms with E-state index in [4.69, 9.17) is 4.74 Å². The summed E-state index contributed by atoms with van der Waals surface area (Å²) in [5.74, 6) is 1.30. The largest absolute Gasteiger partial charge is 0.573 e. The number of rotatable bonds is 12. The third-order valence-corrected chi connectivity index (χ3v) is 7.71. The molecule has 3 N–H and O–H groups in total. The van der Waals surface area contributed by atoms with E-state index in [9.17, 15) is 18.0 Å². The van der Waals surface area contributed by atoms with Gasteiger partial charge in [-0.05, 0) is 103 Å². The Hall–Kier alpha value is -5.09. The zero-order valence-electron chi connectivity index (χ0n) is 27.2. The third kappa shape index (κ3) is 11.0. The second-order valence-electron chi connectivity index (χ2n) is 11.2. The van der Waals surface area contributed by atoms with Crippen LogP contribution >= 0.6 is 11.8 Å². The number of nitrogens with one attached hydrogen (secondary N) is 3. The van der Waals surface area contributed by atoms with Gasteiger partial charge in [-0.15, -0.1) is 18.3 Å². The lowest BCUT2D eigenvalue weighted by atomic mass is 10.0. The fourth-order valence-corrected chi connectivity index (χ4v) is 4.99. The Bertz CT molecular complexity index is 1760. The number of benzene rings is 3. The Morgan fingerprint density at radius 3 is 2.42 bits per heavy atom. The topological polar surface area (TPSA) is 102 Å². The number of methoxy groups -OCH3 is 1. The molecule has 9 nitrogen and oxygen atoms in total. The molecule has 1 heterocycles. The predicted molar refractivity (Wildman–Crippen MR) is 183 cm³/mol. The van der Waals surface area contributed by atoms with E-state index < -0.39 is 6.36 Å². The van der Waals surface area contributed by atoms with Crippen LogP contribution in [0.1, 0.15) is 51.2 Å². The Kier molecular flexibility index (Phi) is 12.4. The average Bonchev–Trinajstić information content (AvgIpc) is 3.54. The van der Waals surface area contributed by atoms with Crippen LogP contribution in [0, 0.1) is 11.3 Å². The molecular formula is C35H37F3N6O3S. The number of thioether (sulfide) groups is 1. The molecule has 0 fully saturated rings. The van der Waals surface area contributed by atoms with Gasteiger partial charge in [0.05, 0.1) is 12.8 Å². The van der Waals surface area contributed by atoms with Crippen LogP contribution in [0.15, 0.2) is 84.2 Å². The summed E-state index contributed by atoms with van der Waals surface area (Å²) in [7, 11) is 1.65. The van der Waals surface area contributed by atoms with Crippen LogP contribution in [0.25, 0.3) is 17.1 Å². The number of nitrogens with zero attached hydrogens (tertiary/aromatic N) is 3. The highest BCUT2D eigenvalue weighted by molar-refractivity contribution is 8.06. The molecule has 0 aliphatic carbocycles. The van der Waals surface area contributed by atoms with Crippen molar-refractivity contribution in [3.8, 4) is 39.9 Å². The lowest BCUT2D eigenvalue weighted by molar-refractivity contribution is -0.274. The van der Waals surface area contributed by atoms with Gasteiger partial charge in [-0.3, -0.25) is 5.32 Å². The first-order valence-electron chi connectivity index (χ1n) is 15.1. The highest BCUT2D eigenvalue weighted by Gasteiger charge is 2.31. The van der Waals surface area contributed by atoms with Crippen LogP contribution in [0.4, 0.5) is 23.7 Å². The van der Waals surface area contributed by atoms with Crippen LogP contribution in [0.3, 0.4) is 0 Å². The number of amides is 2. The number of hydrogen-bond acceptors (Lipinski definition) is 7. The molecule has 0 spiro atoms. The molecule has 13 heteroatoms. The summed E-state index contributed by atoms with van der Waals surface area (Å²) in [6, 6.07) is 21.3. The molecule has 0 saturated heterocycles. The van der Waals surface area contributed by atoms with Crippen molar-refractivity contribution in [1.29, 1.82) is 0 Å². The fraction of sp³-hybridized carbons (Fsp3) is 0.286. The first kappa shape index (κ1) is 35.8. The lowest BCUT2D eigenvalue weighted by Gasteiger charge is -2.16. The van der Waals surface area contributed by atoms with Crippen LogP contribution in [0.5, 0.6) is 11.5 Å². The Morgan fingerprint density at radius 1 is 1.04 bits per heavy atom. The van der Waals surface area contributed by atoms with Crippen LogP contribution in [0.2, 0.25) is 0 Å². The SMILES string of the molecule is COc1ccc(N/C(C)=C\SC#CNC(=O)NC(C)CCc2ccc(-c3ncn(-c4ccc(OC(F)(F)F)cc4)n3)cc2)c(C(C)C)c1. The molecule has 0 bridgehead atoms. The van der Waals surface area contributed by atoms with Crippen molar-refractivity contribution in [2.75, 3.05) is 12.4 Å². The van der Waals surface area contributed by atoms with E-state index >= 15 is 0 Å². The normalized spacial score (nSPS) is 12.1. The van der Waals surface area contributed by atoms with E-state index in [-0.39, 0.29) is 17.8 Å². The number of aryl methyl sites for hydroxylation is 1. The maximum absolute atomic E-state index is 12.4. The van der Waals surface area contributed by atoms with E-state index in [2.05, 4.69) is 55.9 Å². The molecule has 1 atom stereocenters. The summed E-state index contributed by atoms with van der Waals surface area (Å²) in [6.45, 7) is 8.14. The van der Waals surface area contributed by atoms with Gasteiger partial charge < -0.3 is 20.1 Å². The lowest BCUT2D eigenvalue weighted by Crippen LogP contribution is -2.38. The molecule has 252 valence electrons. The zero-order chi connectivity index (χ0) is 34.7. The number of anilines is 1. The van der Waals surface area contributed by atoms with E-state index in [0.717, 1.165) is 40.2 Å². The molecule has 4 aromatic rings. The van der Waals surface area contributed by atoms with Gasteiger partial charge in [0.1, 0.15) is 17.8 Å². The van der Waals surface area contributed by atoms with Gasteiger partial charge in [-0.2, -0.15) is 0 Å². The second kappa shape index (κ2) is 16.6. The van der Waals surface area contributed by atoms with E-state index in [1.807, 2.05) is 61.7 Å². The summed E-state index contributed by atoms with van der Waals surface area (Å²) < 4.78 is 47.9. The van der Waals surface area contributed by atoms with Gasteiger partial charge in [0, 0.05) is 34.4 Å². The quantitative estimate of drug-likeness (QED) is 0.103. The number of hydrogen-bond donors (Lipinski definition) is 3. The molecule has 0 saturated carbocycles. The maximum atomic E-state index is 12.4. The fourth-order valence-electron chi connectivity index (χ4n) is 4.59. The summed E-state index contributed by atoms with van der Waals surface area (Å²) >= 11 is 1.27. The average molecular weight is 679 g/mol. The molecule has 2 amide bonds. The smallest absolute Gasteiger partial charge is 0.497 e. The molecule has 1 unspecified atom stereocenters. The number of ether oxygens (including phenoxy) is 2. The van der Waals surface area contributed by atoms with Crippen LogP contribution in [-0.4, -0.2) is 40.3 Å². The van der Waals surface area contributed by atoms with Gasteiger partial charge in [-0.1, -0.05) is 38.1 Å². The molecule has 0 radical (unpaired) electrons. The van der Waals surface area contributed by atoms with E-state index in [1.165, 1.54) is 47.0 Å². The number of halogens is 3. The van der Waals surface area contributed by atoms with Crippen LogP contribution in [-0.2, 0) is 6.42 Å². The van der Waals surface area contributed by atoms with Crippen molar-refractivity contribution in [3.05, 3.63) is 95.3 Å². The summed E-state index contributed by atoms with van der Waals surface area (Å²) in [6.07, 6.45) is -1.81. The third-order valence-electron chi connectivity index (χ3n) is 7.02. The van der Waals surface area contributed by atoms with Crippen molar-refractivity contribution < 1.29 is 27.4 Å². The van der Waals surface area contributed by atoms with E-state index in [0.29, 0.717) is 23.9 Å². The monoisotopic (exact) mass is 678 g/mol. The Labute approximate surface area is 282 Å². The summed E-state index contributed by atoms with van der Waals surface area (Å²) in [5, 5.41) is 18.0. The van der Waals surface area contributed by atoms with Crippen molar-refractivity contribution in [2.45, 2.75) is 58.9 Å². The minimum Gasteiger partial charge on any atom is -0.497 e. The molecule has 4 rings (SSSR count). The number of urea groups is 1.